The molecule has 2 unspecified atom stereocenters. The quantitative estimate of drug-likeness (QED) is 0.788. The number of nitrogens with zero attached hydrogens (tertiary/aromatic N) is 2. The molecule has 0 spiro atoms. The summed E-state index contributed by atoms with van der Waals surface area (Å²) in [5.74, 6) is -0.550. The van der Waals surface area contributed by atoms with Crippen molar-refractivity contribution in [2.45, 2.75) is 32.4 Å². The van der Waals surface area contributed by atoms with E-state index in [1.807, 2.05) is 19.2 Å². The fraction of sp³-hybridized carbons (Fsp3) is 0.500. The highest BCUT2D eigenvalue weighted by atomic mass is 16.2. The van der Waals surface area contributed by atoms with Crippen LogP contribution in [0.3, 0.4) is 0 Å². The van der Waals surface area contributed by atoms with Gasteiger partial charge in [0.25, 0.3) is 0 Å². The minimum absolute atomic E-state index is 0.178. The molecule has 108 valence electrons. The molecule has 2 N–H and O–H groups in total. The van der Waals surface area contributed by atoms with Gasteiger partial charge in [0, 0.05) is 6.04 Å². The normalized spacial score (nSPS) is 20.8. The predicted molar refractivity (Wildman–Crippen MR) is 76.3 cm³/mol. The van der Waals surface area contributed by atoms with Crippen LogP contribution in [0.1, 0.15) is 32.0 Å². The van der Waals surface area contributed by atoms with Gasteiger partial charge in [0.15, 0.2) is 0 Å². The first kappa shape index (κ1) is 14.5. The van der Waals surface area contributed by atoms with Crippen LogP contribution in [0.5, 0.6) is 0 Å². The van der Waals surface area contributed by atoms with Crippen LogP contribution in [-0.2, 0) is 9.59 Å². The van der Waals surface area contributed by atoms with Gasteiger partial charge >= 0.3 is 0 Å². The van der Waals surface area contributed by atoms with Crippen LogP contribution in [0.25, 0.3) is 0 Å². The fourth-order valence-electron chi connectivity index (χ4n) is 2.36. The maximum atomic E-state index is 11.7. The second-order valence-electron chi connectivity index (χ2n) is 4.91. The number of hydrogen-bond donors (Lipinski definition) is 2. The van der Waals surface area contributed by atoms with Crippen molar-refractivity contribution in [3.63, 3.8) is 0 Å². The van der Waals surface area contributed by atoms with Crippen molar-refractivity contribution in [2.75, 3.05) is 18.5 Å². The van der Waals surface area contributed by atoms with Crippen LogP contribution in [0.15, 0.2) is 18.3 Å². The lowest BCUT2D eigenvalue weighted by atomic mass is 10.1. The van der Waals surface area contributed by atoms with Crippen molar-refractivity contribution in [2.24, 2.45) is 0 Å². The minimum atomic E-state index is -0.369. The minimum Gasteiger partial charge on any atom is -0.349 e. The average molecular weight is 276 g/mol. The topological polar surface area (TPSA) is 74.3 Å². The molecule has 2 atom stereocenters. The van der Waals surface area contributed by atoms with Crippen LogP contribution in [0.2, 0.25) is 0 Å². The summed E-state index contributed by atoms with van der Waals surface area (Å²) in [6.07, 6.45) is 2.67. The number of pyridine rings is 1. The molecule has 0 aliphatic carbocycles. The van der Waals surface area contributed by atoms with Gasteiger partial charge in [-0.05, 0) is 32.5 Å². The lowest BCUT2D eigenvalue weighted by Gasteiger charge is -2.33. The molecule has 2 heterocycles. The largest absolute Gasteiger partial charge is 0.349 e. The van der Waals surface area contributed by atoms with E-state index in [0.29, 0.717) is 0 Å². The summed E-state index contributed by atoms with van der Waals surface area (Å²) in [6, 6.07) is 3.69. The zero-order valence-electron chi connectivity index (χ0n) is 12.0. The Morgan fingerprint density at radius 3 is 2.80 bits per heavy atom. The highest BCUT2D eigenvalue weighted by molar-refractivity contribution is 6.04. The molecule has 1 aromatic rings. The molecule has 0 bridgehead atoms. The predicted octanol–water partition coefficient (Wildman–Crippen LogP) is 0.603. The van der Waals surface area contributed by atoms with E-state index in [1.54, 1.807) is 18.0 Å². The summed E-state index contributed by atoms with van der Waals surface area (Å²) < 4.78 is 0. The van der Waals surface area contributed by atoms with Crippen molar-refractivity contribution >= 4 is 17.5 Å². The molecule has 6 heteroatoms. The maximum absolute atomic E-state index is 11.7. The molecule has 2 amide bonds. The van der Waals surface area contributed by atoms with Crippen molar-refractivity contribution in [1.29, 1.82) is 0 Å². The molecule has 1 saturated heterocycles. The van der Waals surface area contributed by atoms with E-state index >= 15 is 0 Å². The summed E-state index contributed by atoms with van der Waals surface area (Å²) in [4.78, 5) is 29.3. The molecule has 0 radical (unpaired) electrons. The van der Waals surface area contributed by atoms with E-state index in [2.05, 4.69) is 22.5 Å². The van der Waals surface area contributed by atoms with Gasteiger partial charge in [-0.1, -0.05) is 6.92 Å². The Bertz CT molecular complexity index is 496. The summed E-state index contributed by atoms with van der Waals surface area (Å²) in [5, 5.41) is 5.52. The third-order valence-electron chi connectivity index (χ3n) is 3.64. The van der Waals surface area contributed by atoms with E-state index in [4.69, 9.17) is 0 Å². The molecule has 0 aromatic carbocycles. The third kappa shape index (κ3) is 2.80. The second-order valence-corrected chi connectivity index (χ2v) is 4.91. The molecular weight excluding hydrogens is 256 g/mol. The zero-order valence-corrected chi connectivity index (χ0v) is 12.0. The average Bonchev–Trinajstić information content (AvgIpc) is 2.45. The summed E-state index contributed by atoms with van der Waals surface area (Å²) >= 11 is 0. The molecule has 6 nitrogen and oxygen atoms in total. The molecule has 2 rings (SSSR count). The molecule has 20 heavy (non-hydrogen) atoms. The first-order valence-corrected chi connectivity index (χ1v) is 6.80. The molecule has 1 aliphatic heterocycles. The monoisotopic (exact) mass is 276 g/mol. The first-order chi connectivity index (χ1) is 9.56. The fourth-order valence-corrected chi connectivity index (χ4v) is 2.36. The van der Waals surface area contributed by atoms with Gasteiger partial charge in [-0.15, -0.1) is 0 Å². The van der Waals surface area contributed by atoms with Gasteiger partial charge in [0.2, 0.25) is 11.8 Å². The van der Waals surface area contributed by atoms with Crippen LogP contribution < -0.4 is 15.5 Å². The first-order valence-electron chi connectivity index (χ1n) is 6.80. The Hall–Kier alpha value is -1.95. The van der Waals surface area contributed by atoms with E-state index < -0.39 is 0 Å². The standard InChI is InChI=1S/C14H20N4O2/c1-4-11(15-3)12-6-5-10(7-16-12)18-8-13(19)17-14(20)9(18)2/h5-7,9,11,15H,4,8H2,1-3H3,(H,17,19,20). The van der Waals surface area contributed by atoms with Crippen LogP contribution >= 0.6 is 0 Å². The van der Waals surface area contributed by atoms with E-state index in [1.165, 1.54) is 0 Å². The van der Waals surface area contributed by atoms with Crippen LogP contribution in [-0.4, -0.2) is 36.4 Å². The summed E-state index contributed by atoms with van der Waals surface area (Å²) in [5.41, 5.74) is 1.74. The van der Waals surface area contributed by atoms with Crippen LogP contribution in [0.4, 0.5) is 5.69 Å². The van der Waals surface area contributed by atoms with Crippen molar-refractivity contribution < 1.29 is 9.59 Å². The number of anilines is 1. The molecule has 1 aromatic heterocycles. The highest BCUT2D eigenvalue weighted by Gasteiger charge is 2.30. The van der Waals surface area contributed by atoms with Crippen molar-refractivity contribution in [3.05, 3.63) is 24.0 Å². The number of piperazine rings is 1. The molecular formula is C14H20N4O2. The number of imide groups is 1. The molecule has 1 fully saturated rings. The Balaban J connectivity index is 2.20. The van der Waals surface area contributed by atoms with Gasteiger partial charge in [0.1, 0.15) is 6.04 Å². The molecule has 0 saturated carbocycles. The van der Waals surface area contributed by atoms with Crippen molar-refractivity contribution in [3.8, 4) is 0 Å². The Labute approximate surface area is 118 Å². The second kappa shape index (κ2) is 6.00. The van der Waals surface area contributed by atoms with Gasteiger partial charge in [0.05, 0.1) is 24.1 Å². The maximum Gasteiger partial charge on any atom is 0.249 e. The number of carbonyl (C=O) groups is 2. The number of amides is 2. The Kier molecular flexibility index (Phi) is 4.34. The van der Waals surface area contributed by atoms with Crippen molar-refractivity contribution in [1.82, 2.24) is 15.6 Å². The number of hydrogen-bond acceptors (Lipinski definition) is 5. The SMILES string of the molecule is CCC(NC)c1ccc(N2CC(=O)NC(=O)C2C)cn1. The van der Waals surface area contributed by atoms with Gasteiger partial charge < -0.3 is 10.2 Å². The summed E-state index contributed by atoms with van der Waals surface area (Å²) in [7, 11) is 1.90. The van der Waals surface area contributed by atoms with E-state index in [-0.39, 0.29) is 30.4 Å². The van der Waals surface area contributed by atoms with Crippen LogP contribution in [0, 0.1) is 0 Å². The Morgan fingerprint density at radius 1 is 1.50 bits per heavy atom. The third-order valence-corrected chi connectivity index (χ3v) is 3.64. The molecule has 1 aliphatic rings. The van der Waals surface area contributed by atoms with Gasteiger partial charge in [-0.2, -0.15) is 0 Å². The zero-order chi connectivity index (χ0) is 14.7. The number of carbonyl (C=O) groups excluding carboxylic acids is 2. The lowest BCUT2D eigenvalue weighted by molar-refractivity contribution is -0.132. The smallest absolute Gasteiger partial charge is 0.249 e. The Morgan fingerprint density at radius 2 is 2.25 bits per heavy atom. The van der Waals surface area contributed by atoms with Gasteiger partial charge in [-0.25, -0.2) is 0 Å². The highest BCUT2D eigenvalue weighted by Crippen LogP contribution is 2.21. The van der Waals surface area contributed by atoms with E-state index in [9.17, 15) is 9.59 Å². The number of rotatable bonds is 4. The number of aromatic nitrogens is 1. The lowest BCUT2D eigenvalue weighted by Crippen LogP contribution is -2.57. The number of nitrogens with one attached hydrogen (secondary N) is 2. The summed E-state index contributed by atoms with van der Waals surface area (Å²) in [6.45, 7) is 4.04. The van der Waals surface area contributed by atoms with Gasteiger partial charge in [-0.3, -0.25) is 19.9 Å². The van der Waals surface area contributed by atoms with E-state index in [0.717, 1.165) is 17.8 Å².